The van der Waals surface area contributed by atoms with Gasteiger partial charge in [-0.1, -0.05) is 0 Å². The van der Waals surface area contributed by atoms with Gasteiger partial charge >= 0.3 is 0 Å². The molecule has 1 aromatic heterocycles. The maximum atomic E-state index is 5.57. The molecule has 2 rings (SSSR count). The third-order valence-electron chi connectivity index (χ3n) is 3.66. The monoisotopic (exact) mass is 222 g/mol. The minimum atomic E-state index is 0.536. The van der Waals surface area contributed by atoms with Crippen LogP contribution in [0.1, 0.15) is 24.5 Å². The van der Waals surface area contributed by atoms with Crippen molar-refractivity contribution >= 4 is 0 Å². The Balaban J connectivity index is 2.02. The second kappa shape index (κ2) is 5.51. The zero-order chi connectivity index (χ0) is 11.4. The van der Waals surface area contributed by atoms with E-state index in [1.807, 2.05) is 13.1 Å². The van der Waals surface area contributed by atoms with Crippen molar-refractivity contribution in [3.63, 3.8) is 0 Å². The second-order valence-electron chi connectivity index (χ2n) is 4.82. The van der Waals surface area contributed by atoms with Gasteiger partial charge in [-0.3, -0.25) is 0 Å². The molecule has 1 saturated heterocycles. The molecular formula is C13H22N2O. The Bertz CT molecular complexity index is 289. The first kappa shape index (κ1) is 11.7. The van der Waals surface area contributed by atoms with Crippen molar-refractivity contribution < 1.29 is 4.42 Å². The van der Waals surface area contributed by atoms with Gasteiger partial charge in [-0.05, 0) is 58.1 Å². The molecule has 1 aliphatic heterocycles. The largest absolute Gasteiger partial charge is 0.469 e. The minimum Gasteiger partial charge on any atom is -0.469 e. The van der Waals surface area contributed by atoms with Crippen molar-refractivity contribution in [2.24, 2.45) is 5.92 Å². The molecule has 1 aromatic rings. The highest BCUT2D eigenvalue weighted by molar-refractivity contribution is 5.08. The predicted molar refractivity (Wildman–Crippen MR) is 65.6 cm³/mol. The van der Waals surface area contributed by atoms with E-state index in [0.29, 0.717) is 5.92 Å². The van der Waals surface area contributed by atoms with Crippen molar-refractivity contribution in [3.05, 3.63) is 24.2 Å². The first-order valence-corrected chi connectivity index (χ1v) is 6.18. The molecule has 1 N–H and O–H groups in total. The third-order valence-corrected chi connectivity index (χ3v) is 3.66. The molecule has 0 aliphatic carbocycles. The zero-order valence-corrected chi connectivity index (χ0v) is 10.3. The standard InChI is InChI=1S/C13H22N2O/c1-14-10-12(13-4-3-9-16-13)11-5-7-15(2)8-6-11/h3-4,9,11-12,14H,5-8,10H2,1-2H3. The number of hydrogen-bond acceptors (Lipinski definition) is 3. The van der Waals surface area contributed by atoms with Crippen molar-refractivity contribution in [1.29, 1.82) is 0 Å². The Morgan fingerprint density at radius 3 is 2.81 bits per heavy atom. The summed E-state index contributed by atoms with van der Waals surface area (Å²) in [5.41, 5.74) is 0. The highest BCUT2D eigenvalue weighted by atomic mass is 16.3. The Kier molecular flexibility index (Phi) is 4.02. The van der Waals surface area contributed by atoms with E-state index in [9.17, 15) is 0 Å². The van der Waals surface area contributed by atoms with Crippen molar-refractivity contribution in [3.8, 4) is 0 Å². The van der Waals surface area contributed by atoms with Gasteiger partial charge in [-0.2, -0.15) is 0 Å². The molecule has 0 bridgehead atoms. The van der Waals surface area contributed by atoms with E-state index in [2.05, 4.69) is 23.3 Å². The van der Waals surface area contributed by atoms with Crippen LogP contribution >= 0.6 is 0 Å². The fraction of sp³-hybridized carbons (Fsp3) is 0.692. The van der Waals surface area contributed by atoms with Gasteiger partial charge in [0.15, 0.2) is 0 Å². The van der Waals surface area contributed by atoms with Gasteiger partial charge in [-0.25, -0.2) is 0 Å². The van der Waals surface area contributed by atoms with Gasteiger partial charge in [0.05, 0.1) is 6.26 Å². The maximum absolute atomic E-state index is 5.57. The average Bonchev–Trinajstić information content (AvgIpc) is 2.81. The van der Waals surface area contributed by atoms with Gasteiger partial charge < -0.3 is 14.6 Å². The molecule has 1 atom stereocenters. The summed E-state index contributed by atoms with van der Waals surface area (Å²) in [6, 6.07) is 4.10. The number of piperidine rings is 1. The van der Waals surface area contributed by atoms with Crippen LogP contribution in [0.5, 0.6) is 0 Å². The highest BCUT2D eigenvalue weighted by Gasteiger charge is 2.27. The second-order valence-corrected chi connectivity index (χ2v) is 4.82. The van der Waals surface area contributed by atoms with E-state index in [1.54, 1.807) is 6.26 Å². The Hall–Kier alpha value is -0.800. The molecule has 0 amide bonds. The Morgan fingerprint density at radius 2 is 2.25 bits per heavy atom. The Morgan fingerprint density at radius 1 is 1.50 bits per heavy atom. The summed E-state index contributed by atoms with van der Waals surface area (Å²) in [5.74, 6) is 2.44. The molecule has 3 nitrogen and oxygen atoms in total. The molecule has 0 spiro atoms. The van der Waals surface area contributed by atoms with E-state index in [1.165, 1.54) is 25.9 Å². The van der Waals surface area contributed by atoms with Crippen LogP contribution in [0.4, 0.5) is 0 Å². The van der Waals surface area contributed by atoms with Crippen molar-refractivity contribution in [2.45, 2.75) is 18.8 Å². The van der Waals surface area contributed by atoms with Crippen LogP contribution in [-0.4, -0.2) is 38.6 Å². The van der Waals surface area contributed by atoms with Crippen molar-refractivity contribution in [1.82, 2.24) is 10.2 Å². The van der Waals surface area contributed by atoms with Crippen molar-refractivity contribution in [2.75, 3.05) is 33.7 Å². The number of likely N-dealkylation sites (N-methyl/N-ethyl adjacent to an activating group) is 1. The lowest BCUT2D eigenvalue weighted by molar-refractivity contribution is 0.187. The van der Waals surface area contributed by atoms with E-state index in [0.717, 1.165) is 18.2 Å². The summed E-state index contributed by atoms with van der Waals surface area (Å²) in [6.45, 7) is 3.44. The molecule has 1 aliphatic rings. The lowest BCUT2D eigenvalue weighted by atomic mass is 9.83. The number of nitrogens with one attached hydrogen (secondary N) is 1. The molecule has 1 fully saturated rings. The van der Waals surface area contributed by atoms with Gasteiger partial charge in [0.1, 0.15) is 5.76 Å². The first-order chi connectivity index (χ1) is 7.81. The quantitative estimate of drug-likeness (QED) is 0.843. The molecule has 0 aromatic carbocycles. The van der Waals surface area contributed by atoms with Crippen LogP contribution < -0.4 is 5.32 Å². The normalized spacial score (nSPS) is 21.1. The summed E-state index contributed by atoms with van der Waals surface area (Å²) in [6.07, 6.45) is 4.35. The molecule has 0 saturated carbocycles. The SMILES string of the molecule is CNCC(c1ccco1)C1CCN(C)CC1. The first-order valence-electron chi connectivity index (χ1n) is 6.18. The molecule has 16 heavy (non-hydrogen) atoms. The summed E-state index contributed by atoms with van der Waals surface area (Å²) < 4.78 is 5.57. The number of rotatable bonds is 4. The topological polar surface area (TPSA) is 28.4 Å². The van der Waals surface area contributed by atoms with E-state index < -0.39 is 0 Å². The van der Waals surface area contributed by atoms with Gasteiger partial charge in [0, 0.05) is 12.5 Å². The van der Waals surface area contributed by atoms with Crippen LogP contribution in [0.2, 0.25) is 0 Å². The van der Waals surface area contributed by atoms with Crippen LogP contribution in [0.3, 0.4) is 0 Å². The zero-order valence-electron chi connectivity index (χ0n) is 10.3. The molecular weight excluding hydrogens is 200 g/mol. The van der Waals surface area contributed by atoms with E-state index in [4.69, 9.17) is 4.42 Å². The summed E-state index contributed by atoms with van der Waals surface area (Å²) >= 11 is 0. The van der Waals surface area contributed by atoms with Gasteiger partial charge in [0.2, 0.25) is 0 Å². The van der Waals surface area contributed by atoms with E-state index in [-0.39, 0.29) is 0 Å². The fourth-order valence-electron chi connectivity index (χ4n) is 2.65. The smallest absolute Gasteiger partial charge is 0.108 e. The number of hydrogen-bond donors (Lipinski definition) is 1. The predicted octanol–water partition coefficient (Wildman–Crippen LogP) is 1.92. The minimum absolute atomic E-state index is 0.536. The third kappa shape index (κ3) is 2.66. The highest BCUT2D eigenvalue weighted by Crippen LogP contribution is 2.32. The maximum Gasteiger partial charge on any atom is 0.108 e. The van der Waals surface area contributed by atoms with Gasteiger partial charge in [0.25, 0.3) is 0 Å². The summed E-state index contributed by atoms with van der Waals surface area (Å²) in [4.78, 5) is 2.41. The van der Waals surface area contributed by atoms with Crippen LogP contribution in [0.25, 0.3) is 0 Å². The molecule has 3 heteroatoms. The average molecular weight is 222 g/mol. The summed E-state index contributed by atoms with van der Waals surface area (Å²) in [7, 11) is 4.22. The lowest BCUT2D eigenvalue weighted by Crippen LogP contribution is -2.35. The van der Waals surface area contributed by atoms with E-state index >= 15 is 0 Å². The van der Waals surface area contributed by atoms with Gasteiger partial charge in [-0.15, -0.1) is 0 Å². The Labute approximate surface area is 97.8 Å². The lowest BCUT2D eigenvalue weighted by Gasteiger charge is -2.33. The number of furan rings is 1. The molecule has 2 heterocycles. The molecule has 90 valence electrons. The van der Waals surface area contributed by atoms with Crippen LogP contribution in [0.15, 0.2) is 22.8 Å². The molecule has 1 unspecified atom stereocenters. The van der Waals surface area contributed by atoms with Crippen LogP contribution in [0, 0.1) is 5.92 Å². The fourth-order valence-corrected chi connectivity index (χ4v) is 2.65. The molecule has 0 radical (unpaired) electrons. The number of likely N-dealkylation sites (tertiary alicyclic amines) is 1. The summed E-state index contributed by atoms with van der Waals surface area (Å²) in [5, 5.41) is 3.29. The van der Waals surface area contributed by atoms with Crippen LogP contribution in [-0.2, 0) is 0 Å². The number of nitrogens with zero attached hydrogens (tertiary/aromatic N) is 1.